The molecule has 102 valence electrons. The molecule has 1 aliphatic rings. The first-order valence-corrected chi connectivity index (χ1v) is 7.77. The van der Waals surface area contributed by atoms with Crippen molar-refractivity contribution >= 4 is 10.0 Å². The Kier molecular flexibility index (Phi) is 4.09. The number of aryl methyl sites for hydroxylation is 1. The summed E-state index contributed by atoms with van der Waals surface area (Å²) in [5.74, 6) is 0.691. The van der Waals surface area contributed by atoms with Crippen LogP contribution in [0.4, 0.5) is 0 Å². The van der Waals surface area contributed by atoms with Crippen molar-refractivity contribution in [2.24, 2.45) is 13.0 Å². The summed E-state index contributed by atoms with van der Waals surface area (Å²) in [5, 5.41) is 9.05. The van der Waals surface area contributed by atoms with E-state index in [0.717, 1.165) is 6.42 Å². The molecule has 0 aromatic carbocycles. The van der Waals surface area contributed by atoms with Gasteiger partial charge < -0.3 is 9.67 Å². The van der Waals surface area contributed by atoms with E-state index in [9.17, 15) is 8.42 Å². The van der Waals surface area contributed by atoms with Crippen molar-refractivity contribution < 1.29 is 13.5 Å². The van der Waals surface area contributed by atoms with Crippen molar-refractivity contribution in [3.8, 4) is 0 Å². The minimum Gasteiger partial charge on any atom is -0.390 e. The zero-order chi connectivity index (χ0) is 13.2. The Morgan fingerprint density at radius 1 is 1.50 bits per heavy atom. The van der Waals surface area contributed by atoms with Crippen LogP contribution < -0.4 is 4.72 Å². The summed E-state index contributed by atoms with van der Waals surface area (Å²) in [7, 11) is -1.71. The quantitative estimate of drug-likeness (QED) is 0.811. The zero-order valence-electron chi connectivity index (χ0n) is 10.6. The molecule has 1 saturated carbocycles. The molecule has 0 spiro atoms. The van der Waals surface area contributed by atoms with Gasteiger partial charge in [0.05, 0.1) is 11.5 Å². The van der Waals surface area contributed by atoms with Gasteiger partial charge in [-0.25, -0.2) is 13.1 Å². The second-order valence-corrected chi connectivity index (χ2v) is 6.69. The van der Waals surface area contributed by atoms with Gasteiger partial charge in [-0.15, -0.1) is 0 Å². The van der Waals surface area contributed by atoms with Gasteiger partial charge in [0.1, 0.15) is 0 Å². The summed E-state index contributed by atoms with van der Waals surface area (Å²) in [4.78, 5) is 0.225. The summed E-state index contributed by atoms with van der Waals surface area (Å²) in [5.41, 5.74) is 0.592. The molecule has 6 heteroatoms. The molecule has 1 aliphatic carbocycles. The predicted molar refractivity (Wildman–Crippen MR) is 68.5 cm³/mol. The van der Waals surface area contributed by atoms with Crippen LogP contribution in [0, 0.1) is 5.92 Å². The van der Waals surface area contributed by atoms with Crippen LogP contribution in [0.5, 0.6) is 0 Å². The van der Waals surface area contributed by atoms with E-state index in [1.54, 1.807) is 11.6 Å². The molecule has 2 rings (SSSR count). The lowest BCUT2D eigenvalue weighted by molar-refractivity contribution is 0.272. The highest BCUT2D eigenvalue weighted by Crippen LogP contribution is 2.28. The second kappa shape index (κ2) is 5.42. The highest BCUT2D eigenvalue weighted by atomic mass is 32.2. The maximum Gasteiger partial charge on any atom is 0.242 e. The largest absolute Gasteiger partial charge is 0.390 e. The van der Waals surface area contributed by atoms with Crippen molar-refractivity contribution in [1.29, 1.82) is 0 Å². The summed E-state index contributed by atoms with van der Waals surface area (Å²) < 4.78 is 28.2. The zero-order valence-corrected chi connectivity index (χ0v) is 11.4. The topological polar surface area (TPSA) is 71.3 Å². The molecule has 0 aliphatic heterocycles. The number of aliphatic hydroxyl groups is 1. The lowest BCUT2D eigenvalue weighted by Crippen LogP contribution is -2.27. The molecule has 1 aromatic heterocycles. The first-order valence-electron chi connectivity index (χ1n) is 6.28. The molecule has 0 radical (unpaired) electrons. The molecule has 0 saturated heterocycles. The van der Waals surface area contributed by atoms with Gasteiger partial charge in [-0.05, 0) is 18.4 Å². The number of hydrogen-bond acceptors (Lipinski definition) is 3. The second-order valence-electron chi connectivity index (χ2n) is 4.92. The normalized spacial score (nSPS) is 16.8. The van der Waals surface area contributed by atoms with E-state index >= 15 is 0 Å². The van der Waals surface area contributed by atoms with E-state index in [1.165, 1.54) is 31.5 Å². The molecule has 1 aromatic rings. The number of hydrogen-bond donors (Lipinski definition) is 2. The van der Waals surface area contributed by atoms with Crippen molar-refractivity contribution in [3.63, 3.8) is 0 Å². The van der Waals surface area contributed by atoms with Crippen LogP contribution in [0.3, 0.4) is 0 Å². The molecule has 0 unspecified atom stereocenters. The summed E-state index contributed by atoms with van der Waals surface area (Å²) in [6.07, 6.45) is 6.16. The van der Waals surface area contributed by atoms with Crippen LogP contribution >= 0.6 is 0 Å². The first-order chi connectivity index (χ1) is 8.53. The van der Waals surface area contributed by atoms with Crippen molar-refractivity contribution in [3.05, 3.63) is 18.0 Å². The molecule has 18 heavy (non-hydrogen) atoms. The molecule has 5 nitrogen and oxygen atoms in total. The summed E-state index contributed by atoms with van der Waals surface area (Å²) >= 11 is 0. The van der Waals surface area contributed by atoms with E-state index in [1.807, 2.05) is 0 Å². The molecular weight excluding hydrogens is 252 g/mol. The number of rotatable bonds is 6. The van der Waals surface area contributed by atoms with Crippen molar-refractivity contribution in [2.45, 2.75) is 37.2 Å². The van der Waals surface area contributed by atoms with Gasteiger partial charge >= 0.3 is 0 Å². The molecular formula is C12H20N2O3S. The van der Waals surface area contributed by atoms with Gasteiger partial charge in [-0.3, -0.25) is 0 Å². The number of nitrogens with zero attached hydrogens (tertiary/aromatic N) is 1. The van der Waals surface area contributed by atoms with Crippen LogP contribution in [0.25, 0.3) is 0 Å². The molecule has 0 amide bonds. The number of sulfonamides is 1. The van der Waals surface area contributed by atoms with Crippen molar-refractivity contribution in [1.82, 2.24) is 9.29 Å². The highest BCUT2D eigenvalue weighted by molar-refractivity contribution is 7.89. The van der Waals surface area contributed by atoms with Crippen LogP contribution in [0.15, 0.2) is 17.2 Å². The maximum absolute atomic E-state index is 12.0. The van der Waals surface area contributed by atoms with E-state index in [-0.39, 0.29) is 11.5 Å². The number of nitrogens with one attached hydrogen (secondary N) is 1. The molecule has 1 fully saturated rings. The monoisotopic (exact) mass is 272 g/mol. The van der Waals surface area contributed by atoms with Crippen LogP contribution in [0.2, 0.25) is 0 Å². The van der Waals surface area contributed by atoms with Gasteiger partial charge in [-0.1, -0.05) is 19.3 Å². The minimum absolute atomic E-state index is 0.159. The average Bonchev–Trinajstić information content (AvgIpc) is 2.64. The van der Waals surface area contributed by atoms with Crippen molar-refractivity contribution in [2.75, 3.05) is 6.54 Å². The third-order valence-electron chi connectivity index (χ3n) is 3.62. The Balaban J connectivity index is 1.95. The van der Waals surface area contributed by atoms with E-state index in [2.05, 4.69) is 4.72 Å². The van der Waals surface area contributed by atoms with Crippen LogP contribution in [-0.2, 0) is 23.7 Å². The Morgan fingerprint density at radius 2 is 2.22 bits per heavy atom. The SMILES string of the molecule is Cn1cc(S(=O)(=O)NCCC2CCC2)cc1CO. The fourth-order valence-corrected chi connectivity index (χ4v) is 3.28. The maximum atomic E-state index is 12.0. The Morgan fingerprint density at radius 3 is 2.72 bits per heavy atom. The standard InChI is InChI=1S/C12H20N2O3S/c1-14-8-12(7-11(14)9-15)18(16,17)13-6-5-10-3-2-4-10/h7-8,10,13,15H,2-6,9H2,1H3. The van der Waals surface area contributed by atoms with Gasteiger partial charge in [0.15, 0.2) is 0 Å². The third-order valence-corrected chi connectivity index (χ3v) is 5.05. The molecule has 0 atom stereocenters. The van der Waals surface area contributed by atoms with Crippen LogP contribution in [-0.4, -0.2) is 24.6 Å². The Labute approximate surface area is 108 Å². The fraction of sp³-hybridized carbons (Fsp3) is 0.667. The van der Waals surface area contributed by atoms with Gasteiger partial charge in [-0.2, -0.15) is 0 Å². The Hall–Kier alpha value is -0.850. The van der Waals surface area contributed by atoms with E-state index < -0.39 is 10.0 Å². The van der Waals surface area contributed by atoms with Gasteiger partial charge in [0.2, 0.25) is 10.0 Å². The highest BCUT2D eigenvalue weighted by Gasteiger charge is 2.20. The molecule has 1 heterocycles. The van der Waals surface area contributed by atoms with Gasteiger partial charge in [0.25, 0.3) is 0 Å². The van der Waals surface area contributed by atoms with E-state index in [4.69, 9.17) is 5.11 Å². The first kappa shape index (κ1) is 13.6. The summed E-state index contributed by atoms with van der Waals surface area (Å²) in [6.45, 7) is 0.338. The third kappa shape index (κ3) is 2.93. The van der Waals surface area contributed by atoms with Crippen LogP contribution in [0.1, 0.15) is 31.4 Å². The minimum atomic E-state index is -3.43. The summed E-state index contributed by atoms with van der Waals surface area (Å²) in [6, 6.07) is 1.51. The van der Waals surface area contributed by atoms with Gasteiger partial charge in [0, 0.05) is 25.5 Å². The lowest BCUT2D eigenvalue weighted by Gasteiger charge is -2.24. The lowest BCUT2D eigenvalue weighted by atomic mass is 9.83. The predicted octanol–water partition coefficient (Wildman–Crippen LogP) is 0.986. The fourth-order valence-electron chi connectivity index (χ4n) is 2.14. The Bertz CT molecular complexity index is 503. The molecule has 2 N–H and O–H groups in total. The number of aliphatic hydroxyl groups excluding tert-OH is 1. The number of aromatic nitrogens is 1. The van der Waals surface area contributed by atoms with E-state index in [0.29, 0.717) is 18.2 Å². The average molecular weight is 272 g/mol. The smallest absolute Gasteiger partial charge is 0.242 e. The molecule has 0 bridgehead atoms.